The number of alkyl carbamates (subject to hydrolysis) is 1. The van der Waals surface area contributed by atoms with Gasteiger partial charge in [0.25, 0.3) is 0 Å². The predicted molar refractivity (Wildman–Crippen MR) is 73.7 cm³/mol. The summed E-state index contributed by atoms with van der Waals surface area (Å²) in [7, 11) is 0. The smallest absolute Gasteiger partial charge is 0.408 e. The summed E-state index contributed by atoms with van der Waals surface area (Å²) in [5.74, 6) is 0. The summed E-state index contributed by atoms with van der Waals surface area (Å²) in [6, 6.07) is 7.72. The number of carbonyl (C=O) groups excluding carboxylic acids is 1. The van der Waals surface area contributed by atoms with Crippen molar-refractivity contribution in [1.29, 1.82) is 5.26 Å². The van der Waals surface area contributed by atoms with Crippen LogP contribution >= 0.6 is 0 Å². The zero-order chi connectivity index (χ0) is 14.0. The third kappa shape index (κ3) is 3.25. The molecule has 0 unspecified atom stereocenters. The maximum absolute atomic E-state index is 11.8. The van der Waals surface area contributed by atoms with Gasteiger partial charge in [0.15, 0.2) is 0 Å². The molecule has 1 aromatic carbocycles. The van der Waals surface area contributed by atoms with E-state index in [1.54, 1.807) is 6.07 Å². The molecule has 1 aliphatic rings. The van der Waals surface area contributed by atoms with Gasteiger partial charge in [0.05, 0.1) is 17.7 Å². The van der Waals surface area contributed by atoms with Crippen LogP contribution in [0.2, 0.25) is 0 Å². The van der Waals surface area contributed by atoms with E-state index >= 15 is 0 Å². The molecule has 1 atom stereocenters. The van der Waals surface area contributed by atoms with Gasteiger partial charge >= 0.3 is 6.09 Å². The molecule has 2 rings (SSSR count). The van der Waals surface area contributed by atoms with Crippen molar-refractivity contribution in [2.75, 3.05) is 0 Å². The largest absolute Gasteiger partial charge is 0.444 e. The van der Waals surface area contributed by atoms with Gasteiger partial charge in [-0.3, -0.25) is 0 Å². The zero-order valence-corrected chi connectivity index (χ0v) is 11.5. The minimum atomic E-state index is -0.490. The molecule has 0 radical (unpaired) electrons. The number of aryl methyl sites for hydroxylation is 1. The van der Waals surface area contributed by atoms with Crippen LogP contribution in [-0.2, 0) is 11.2 Å². The Bertz CT molecular complexity index is 544. The lowest BCUT2D eigenvalue weighted by Gasteiger charge is -2.22. The first-order valence-electron chi connectivity index (χ1n) is 6.41. The fraction of sp³-hybridized carbons (Fsp3) is 0.467. The summed E-state index contributed by atoms with van der Waals surface area (Å²) in [6.45, 7) is 5.52. The molecule has 0 saturated carbocycles. The van der Waals surface area contributed by atoms with E-state index < -0.39 is 11.7 Å². The van der Waals surface area contributed by atoms with Gasteiger partial charge in [-0.1, -0.05) is 6.07 Å². The first-order valence-corrected chi connectivity index (χ1v) is 6.41. The lowest BCUT2D eigenvalue weighted by molar-refractivity contribution is 0.0503. The van der Waals surface area contributed by atoms with Gasteiger partial charge < -0.3 is 10.1 Å². The van der Waals surface area contributed by atoms with E-state index in [9.17, 15) is 4.79 Å². The van der Waals surface area contributed by atoms with Crippen LogP contribution in [0.5, 0.6) is 0 Å². The molecule has 0 saturated heterocycles. The molecule has 1 N–H and O–H groups in total. The standard InChI is InChI=1S/C15H18N2O2.H2/c1-15(2,3)19-14(18)17-13-7-5-11-8-10(9-16)4-6-12(11)13;/h4,6,8,13H,5,7H2,1-3H3,(H,17,18);1H/t13-;/m0./s1. The van der Waals surface area contributed by atoms with Crippen LogP contribution in [-0.4, -0.2) is 11.7 Å². The SMILES string of the molecule is CC(C)(C)OC(=O)N[C@H]1CCc2cc(C#N)ccc21.[HH]. The predicted octanol–water partition coefficient (Wildman–Crippen LogP) is 3.32. The number of nitrogens with one attached hydrogen (secondary N) is 1. The van der Waals surface area contributed by atoms with Gasteiger partial charge in [0.2, 0.25) is 0 Å². The molecule has 0 bridgehead atoms. The second kappa shape index (κ2) is 4.93. The molecule has 1 aliphatic carbocycles. The Kier molecular flexibility index (Phi) is 3.48. The van der Waals surface area contributed by atoms with Crippen molar-refractivity contribution in [3.05, 3.63) is 34.9 Å². The van der Waals surface area contributed by atoms with Crippen molar-refractivity contribution < 1.29 is 11.0 Å². The highest BCUT2D eigenvalue weighted by Gasteiger charge is 2.26. The molecule has 102 valence electrons. The molecule has 0 fully saturated rings. The highest BCUT2D eigenvalue weighted by molar-refractivity contribution is 5.68. The fourth-order valence-corrected chi connectivity index (χ4v) is 2.29. The third-order valence-electron chi connectivity index (χ3n) is 3.04. The molecule has 1 amide bonds. The number of carbonyl (C=O) groups is 1. The fourth-order valence-electron chi connectivity index (χ4n) is 2.29. The average Bonchev–Trinajstić information content (AvgIpc) is 2.69. The normalized spacial score (nSPS) is 17.5. The van der Waals surface area contributed by atoms with Crippen LogP contribution in [0.15, 0.2) is 18.2 Å². The van der Waals surface area contributed by atoms with Gasteiger partial charge in [0, 0.05) is 1.43 Å². The first kappa shape index (κ1) is 13.4. The second-order valence-electron chi connectivity index (χ2n) is 5.76. The van der Waals surface area contributed by atoms with E-state index in [0.717, 1.165) is 24.0 Å². The number of ether oxygens (including phenoxy) is 1. The minimum absolute atomic E-state index is 0. The summed E-state index contributed by atoms with van der Waals surface area (Å²) in [6.07, 6.45) is 1.34. The Morgan fingerprint density at radius 3 is 2.89 bits per heavy atom. The number of benzene rings is 1. The van der Waals surface area contributed by atoms with E-state index in [2.05, 4.69) is 11.4 Å². The summed E-state index contributed by atoms with van der Waals surface area (Å²) >= 11 is 0. The summed E-state index contributed by atoms with van der Waals surface area (Å²) in [5.41, 5.74) is 2.40. The van der Waals surface area contributed by atoms with Crippen LogP contribution in [0.25, 0.3) is 0 Å². The number of hydrogen-bond donors (Lipinski definition) is 1. The van der Waals surface area contributed by atoms with E-state index in [1.165, 1.54) is 0 Å². The minimum Gasteiger partial charge on any atom is -0.444 e. The van der Waals surface area contributed by atoms with Gasteiger partial charge in [-0.05, 0) is 56.9 Å². The zero-order valence-electron chi connectivity index (χ0n) is 11.5. The van der Waals surface area contributed by atoms with Crippen molar-refractivity contribution in [3.63, 3.8) is 0 Å². The summed E-state index contributed by atoms with van der Waals surface area (Å²) < 4.78 is 5.26. The summed E-state index contributed by atoms with van der Waals surface area (Å²) in [4.78, 5) is 11.8. The number of fused-ring (bicyclic) bond motifs is 1. The van der Waals surface area contributed by atoms with Gasteiger partial charge in [0.1, 0.15) is 5.60 Å². The van der Waals surface area contributed by atoms with E-state index in [1.807, 2.05) is 32.9 Å². The number of rotatable bonds is 1. The van der Waals surface area contributed by atoms with Crippen LogP contribution < -0.4 is 5.32 Å². The molecule has 1 aromatic rings. The Morgan fingerprint density at radius 2 is 2.26 bits per heavy atom. The Morgan fingerprint density at radius 1 is 1.53 bits per heavy atom. The molecule has 4 nitrogen and oxygen atoms in total. The number of amides is 1. The maximum Gasteiger partial charge on any atom is 0.408 e. The monoisotopic (exact) mass is 260 g/mol. The Hall–Kier alpha value is -2.02. The average molecular weight is 260 g/mol. The van der Waals surface area contributed by atoms with Crippen LogP contribution in [0, 0.1) is 11.3 Å². The Labute approximate surface area is 114 Å². The summed E-state index contributed by atoms with van der Waals surface area (Å²) in [5, 5.41) is 11.8. The molecule has 0 spiro atoms. The topological polar surface area (TPSA) is 62.1 Å². The van der Waals surface area contributed by atoms with Crippen LogP contribution in [0.4, 0.5) is 4.79 Å². The second-order valence-corrected chi connectivity index (χ2v) is 5.76. The molecule has 0 aromatic heterocycles. The highest BCUT2D eigenvalue weighted by atomic mass is 16.6. The van der Waals surface area contributed by atoms with Crippen molar-refractivity contribution >= 4 is 6.09 Å². The third-order valence-corrected chi connectivity index (χ3v) is 3.04. The van der Waals surface area contributed by atoms with Gasteiger partial charge in [-0.15, -0.1) is 0 Å². The van der Waals surface area contributed by atoms with Crippen LogP contribution in [0.3, 0.4) is 0 Å². The van der Waals surface area contributed by atoms with Gasteiger partial charge in [-0.2, -0.15) is 5.26 Å². The Balaban J connectivity index is 0.00000200. The maximum atomic E-state index is 11.8. The van der Waals surface area contributed by atoms with E-state index in [-0.39, 0.29) is 7.47 Å². The molecule has 19 heavy (non-hydrogen) atoms. The number of nitrogens with zero attached hydrogens (tertiary/aromatic N) is 1. The molecule has 0 aliphatic heterocycles. The van der Waals surface area contributed by atoms with Crippen molar-refractivity contribution in [2.45, 2.75) is 45.3 Å². The molecular formula is C15H20N2O2. The lowest BCUT2D eigenvalue weighted by Crippen LogP contribution is -2.34. The van der Waals surface area contributed by atoms with Crippen molar-refractivity contribution in [1.82, 2.24) is 5.32 Å². The van der Waals surface area contributed by atoms with E-state index in [4.69, 9.17) is 10.00 Å². The van der Waals surface area contributed by atoms with E-state index in [0.29, 0.717) is 5.56 Å². The first-order chi connectivity index (χ1) is 8.89. The quantitative estimate of drug-likeness (QED) is 0.842. The van der Waals surface area contributed by atoms with Gasteiger partial charge in [-0.25, -0.2) is 4.79 Å². The molecular weight excluding hydrogens is 240 g/mol. The number of nitriles is 1. The molecule has 4 heteroatoms. The molecule has 0 heterocycles. The number of hydrogen-bond acceptors (Lipinski definition) is 3. The van der Waals surface area contributed by atoms with Crippen LogP contribution in [0.1, 0.15) is 51.4 Å². The van der Waals surface area contributed by atoms with Crippen molar-refractivity contribution in [3.8, 4) is 6.07 Å². The highest BCUT2D eigenvalue weighted by Crippen LogP contribution is 2.31. The van der Waals surface area contributed by atoms with Crippen molar-refractivity contribution in [2.24, 2.45) is 0 Å². The lowest BCUT2D eigenvalue weighted by atomic mass is 10.1.